The van der Waals surface area contributed by atoms with E-state index in [2.05, 4.69) is 93.6 Å². The number of hydrogen-bond donors (Lipinski definition) is 0. The summed E-state index contributed by atoms with van der Waals surface area (Å²) in [5.41, 5.74) is 5.70. The van der Waals surface area contributed by atoms with E-state index in [0.717, 1.165) is 6.16 Å². The summed E-state index contributed by atoms with van der Waals surface area (Å²) in [6.45, 7) is 6.68. The van der Waals surface area contributed by atoms with E-state index in [1.54, 1.807) is 0 Å². The van der Waals surface area contributed by atoms with Crippen LogP contribution in [-0.4, -0.2) is 5.48 Å². The molecule has 0 saturated heterocycles. The summed E-state index contributed by atoms with van der Waals surface area (Å²) in [5, 5.41) is 2.90. The minimum atomic E-state index is -0.369. The lowest BCUT2D eigenvalue weighted by atomic mass is 10.0. The fraction of sp³-hybridized carbons (Fsp3) is 0.182. The van der Waals surface area contributed by atoms with E-state index in [-0.39, 0.29) is 13.4 Å². The van der Waals surface area contributed by atoms with Gasteiger partial charge in [0.15, 0.2) is 0 Å². The van der Waals surface area contributed by atoms with Gasteiger partial charge in [-0.1, -0.05) is 78.4 Å². The molecular formula is C22H25OP. The number of aryl methyl sites for hydroxylation is 3. The Hall–Kier alpha value is -1.95. The quantitative estimate of drug-likeness (QED) is 0.632. The smallest absolute Gasteiger partial charge is 0.00127 e. The van der Waals surface area contributed by atoms with Crippen LogP contribution in [0.15, 0.2) is 72.8 Å². The first-order chi connectivity index (χ1) is 11.1. The maximum atomic E-state index is 2.31. The minimum absolute atomic E-state index is 0. The van der Waals surface area contributed by atoms with Crippen LogP contribution >= 0.6 is 7.92 Å². The molecule has 0 aromatic heterocycles. The molecule has 3 aromatic rings. The number of hydrogen-bond acceptors (Lipinski definition) is 0. The maximum absolute atomic E-state index is 2.31. The van der Waals surface area contributed by atoms with Crippen LogP contribution in [0.2, 0.25) is 0 Å². The third kappa shape index (κ3) is 4.12. The van der Waals surface area contributed by atoms with Crippen LogP contribution in [0.25, 0.3) is 0 Å². The third-order valence-electron chi connectivity index (χ3n) is 4.29. The van der Waals surface area contributed by atoms with Gasteiger partial charge in [-0.2, -0.15) is 0 Å². The normalized spacial score (nSPS) is 10.5. The molecular weight excluding hydrogens is 311 g/mol. The molecule has 0 radical (unpaired) electrons. The van der Waals surface area contributed by atoms with Gasteiger partial charge in [0.1, 0.15) is 0 Å². The molecule has 2 N–H and O–H groups in total. The molecule has 0 fully saturated rings. The van der Waals surface area contributed by atoms with Gasteiger partial charge in [0.05, 0.1) is 0 Å². The molecule has 3 aromatic carbocycles. The Morgan fingerprint density at radius 3 is 1.50 bits per heavy atom. The lowest BCUT2D eigenvalue weighted by Gasteiger charge is -2.21. The molecule has 0 aliphatic heterocycles. The van der Waals surface area contributed by atoms with E-state index >= 15 is 0 Å². The average Bonchev–Trinajstić information content (AvgIpc) is 2.56. The Kier molecular flexibility index (Phi) is 6.31. The van der Waals surface area contributed by atoms with Crippen molar-refractivity contribution in [2.24, 2.45) is 0 Å². The van der Waals surface area contributed by atoms with Gasteiger partial charge in [0, 0.05) is 6.16 Å². The molecule has 124 valence electrons. The molecule has 0 amide bonds. The van der Waals surface area contributed by atoms with Gasteiger partial charge in [-0.05, 0) is 56.0 Å². The van der Waals surface area contributed by atoms with E-state index < -0.39 is 0 Å². The lowest BCUT2D eigenvalue weighted by Crippen LogP contribution is -2.13. The summed E-state index contributed by atoms with van der Waals surface area (Å²) in [5.74, 6) is 0. The molecule has 0 saturated carbocycles. The predicted molar refractivity (Wildman–Crippen MR) is 107 cm³/mol. The Bertz CT molecular complexity index is 719. The standard InChI is InChI=1S/C22H23P.H2O/c1-17-14-18(2)22(19(3)15-17)16-23(20-10-6-4-7-11-20)21-12-8-5-9-13-21;/h4-15H,16H2,1-3H3;1H2. The zero-order chi connectivity index (χ0) is 16.2. The van der Waals surface area contributed by atoms with Crippen molar-refractivity contribution in [2.75, 3.05) is 0 Å². The molecule has 2 heteroatoms. The SMILES string of the molecule is Cc1cc(C)c(CP(c2ccccc2)c2ccccc2)c(C)c1.O. The molecule has 24 heavy (non-hydrogen) atoms. The van der Waals surface area contributed by atoms with Crippen LogP contribution in [0, 0.1) is 20.8 Å². The van der Waals surface area contributed by atoms with Crippen molar-refractivity contribution in [1.82, 2.24) is 0 Å². The van der Waals surface area contributed by atoms with Crippen LogP contribution in [0.3, 0.4) is 0 Å². The van der Waals surface area contributed by atoms with Crippen molar-refractivity contribution in [3.05, 3.63) is 95.1 Å². The van der Waals surface area contributed by atoms with Crippen LogP contribution in [0.4, 0.5) is 0 Å². The third-order valence-corrected chi connectivity index (χ3v) is 6.77. The molecule has 0 spiro atoms. The molecule has 0 bridgehead atoms. The van der Waals surface area contributed by atoms with E-state index in [9.17, 15) is 0 Å². The largest absolute Gasteiger partial charge is 0.412 e. The van der Waals surface area contributed by atoms with Crippen molar-refractivity contribution < 1.29 is 5.48 Å². The van der Waals surface area contributed by atoms with Gasteiger partial charge in [0.2, 0.25) is 0 Å². The Balaban J connectivity index is 0.00000208. The Morgan fingerprint density at radius 2 is 1.08 bits per heavy atom. The molecule has 0 aliphatic carbocycles. The summed E-state index contributed by atoms with van der Waals surface area (Å²) < 4.78 is 0. The molecule has 0 heterocycles. The highest BCUT2D eigenvalue weighted by Gasteiger charge is 2.16. The monoisotopic (exact) mass is 336 g/mol. The van der Waals surface area contributed by atoms with Gasteiger partial charge >= 0.3 is 0 Å². The molecule has 0 atom stereocenters. The molecule has 1 nitrogen and oxygen atoms in total. The number of rotatable bonds is 4. The van der Waals surface area contributed by atoms with Crippen LogP contribution in [0.1, 0.15) is 22.3 Å². The topological polar surface area (TPSA) is 31.5 Å². The zero-order valence-electron chi connectivity index (χ0n) is 14.6. The summed E-state index contributed by atoms with van der Waals surface area (Å²) in [7, 11) is -0.369. The summed E-state index contributed by atoms with van der Waals surface area (Å²) in [6, 6.07) is 26.5. The maximum Gasteiger partial charge on any atom is 0.00127 e. The first-order valence-electron chi connectivity index (χ1n) is 8.09. The van der Waals surface area contributed by atoms with Gasteiger partial charge in [-0.15, -0.1) is 0 Å². The van der Waals surface area contributed by atoms with Crippen LogP contribution in [-0.2, 0) is 6.16 Å². The molecule has 0 aliphatic rings. The van der Waals surface area contributed by atoms with Gasteiger partial charge in [-0.25, -0.2) is 0 Å². The van der Waals surface area contributed by atoms with Crippen LogP contribution in [0.5, 0.6) is 0 Å². The Morgan fingerprint density at radius 1 is 0.667 bits per heavy atom. The van der Waals surface area contributed by atoms with E-state index in [1.807, 2.05) is 0 Å². The summed E-state index contributed by atoms with van der Waals surface area (Å²) in [4.78, 5) is 0. The van der Waals surface area contributed by atoms with Crippen molar-refractivity contribution in [3.8, 4) is 0 Å². The second-order valence-corrected chi connectivity index (χ2v) is 8.34. The summed E-state index contributed by atoms with van der Waals surface area (Å²) >= 11 is 0. The van der Waals surface area contributed by atoms with Crippen molar-refractivity contribution in [1.29, 1.82) is 0 Å². The molecule has 3 rings (SSSR count). The van der Waals surface area contributed by atoms with Crippen molar-refractivity contribution >= 4 is 18.5 Å². The highest BCUT2D eigenvalue weighted by molar-refractivity contribution is 7.72. The van der Waals surface area contributed by atoms with Gasteiger partial charge in [-0.3, -0.25) is 0 Å². The van der Waals surface area contributed by atoms with E-state index in [1.165, 1.54) is 32.9 Å². The van der Waals surface area contributed by atoms with E-state index in [4.69, 9.17) is 0 Å². The van der Waals surface area contributed by atoms with Gasteiger partial charge < -0.3 is 5.48 Å². The lowest BCUT2D eigenvalue weighted by molar-refractivity contribution is 0.824. The predicted octanol–water partition coefficient (Wildman–Crippen LogP) is 4.42. The second kappa shape index (κ2) is 8.24. The zero-order valence-corrected chi connectivity index (χ0v) is 15.5. The fourth-order valence-electron chi connectivity index (χ4n) is 3.16. The minimum Gasteiger partial charge on any atom is -0.412 e. The highest BCUT2D eigenvalue weighted by Crippen LogP contribution is 2.39. The average molecular weight is 336 g/mol. The first-order valence-corrected chi connectivity index (χ1v) is 9.62. The fourth-order valence-corrected chi connectivity index (χ4v) is 5.71. The van der Waals surface area contributed by atoms with Crippen LogP contribution < -0.4 is 10.6 Å². The first kappa shape index (κ1) is 18.4. The van der Waals surface area contributed by atoms with Crippen molar-refractivity contribution in [2.45, 2.75) is 26.9 Å². The second-order valence-electron chi connectivity index (χ2n) is 6.13. The van der Waals surface area contributed by atoms with Crippen molar-refractivity contribution in [3.63, 3.8) is 0 Å². The van der Waals surface area contributed by atoms with E-state index in [0.29, 0.717) is 0 Å². The Labute approximate surface area is 146 Å². The van der Waals surface area contributed by atoms with Gasteiger partial charge in [0.25, 0.3) is 0 Å². The highest BCUT2D eigenvalue weighted by atomic mass is 31.1. The molecule has 0 unspecified atom stereocenters. The number of benzene rings is 3. The summed E-state index contributed by atoms with van der Waals surface area (Å²) in [6.07, 6.45) is 1.11.